The van der Waals surface area contributed by atoms with Crippen molar-refractivity contribution < 1.29 is 14.5 Å². The molecule has 0 radical (unpaired) electrons. The van der Waals surface area contributed by atoms with Gasteiger partial charge in [-0.05, 0) is 48.2 Å². The first-order valence-electron chi connectivity index (χ1n) is 9.42. The molecule has 0 aromatic heterocycles. The van der Waals surface area contributed by atoms with Crippen LogP contribution in [-0.2, 0) is 4.79 Å². The minimum absolute atomic E-state index is 0.0822. The van der Waals surface area contributed by atoms with Gasteiger partial charge in [0.05, 0.1) is 28.3 Å². The second-order valence-corrected chi connectivity index (χ2v) is 8.55. The SMILES string of the molecule is COc1c(/C=C2\SC(=Nc3ccccc3)N(c3ccccc3)C2=O)cc(Br)cc1[N+](=O)[O-]. The lowest BCUT2D eigenvalue weighted by Crippen LogP contribution is -2.28. The molecule has 0 aliphatic carbocycles. The number of anilines is 1. The highest BCUT2D eigenvalue weighted by molar-refractivity contribution is 9.10. The molecule has 1 fully saturated rings. The summed E-state index contributed by atoms with van der Waals surface area (Å²) < 4.78 is 5.81. The number of amidine groups is 1. The number of carbonyl (C=O) groups is 1. The maximum atomic E-state index is 13.4. The number of methoxy groups -OCH3 is 1. The van der Waals surface area contributed by atoms with Gasteiger partial charge in [0, 0.05) is 16.1 Å². The lowest BCUT2D eigenvalue weighted by atomic mass is 10.1. The van der Waals surface area contributed by atoms with Gasteiger partial charge in [0.15, 0.2) is 5.17 Å². The molecule has 1 amide bonds. The van der Waals surface area contributed by atoms with E-state index in [9.17, 15) is 14.9 Å². The number of halogens is 1. The third kappa shape index (κ3) is 4.44. The summed E-state index contributed by atoms with van der Waals surface area (Å²) in [5, 5.41) is 12.0. The number of hydrogen-bond donors (Lipinski definition) is 0. The van der Waals surface area contributed by atoms with Crippen LogP contribution in [0.15, 0.2) is 87.2 Å². The topological polar surface area (TPSA) is 85.0 Å². The van der Waals surface area contributed by atoms with Crippen molar-refractivity contribution in [2.45, 2.75) is 0 Å². The average molecular weight is 510 g/mol. The molecule has 4 rings (SSSR count). The van der Waals surface area contributed by atoms with Crippen LogP contribution in [0.25, 0.3) is 6.08 Å². The van der Waals surface area contributed by atoms with Crippen molar-refractivity contribution in [1.82, 2.24) is 0 Å². The molecule has 0 atom stereocenters. The maximum Gasteiger partial charge on any atom is 0.312 e. The number of aliphatic imine (C=N–C) groups is 1. The van der Waals surface area contributed by atoms with Crippen LogP contribution >= 0.6 is 27.7 Å². The van der Waals surface area contributed by atoms with Crippen molar-refractivity contribution in [1.29, 1.82) is 0 Å². The molecule has 1 saturated heterocycles. The molecular formula is C23H16BrN3O4S. The Morgan fingerprint density at radius 1 is 1.09 bits per heavy atom. The number of amides is 1. The number of ether oxygens (including phenoxy) is 1. The largest absolute Gasteiger partial charge is 0.490 e. The Bertz CT molecular complexity index is 1250. The predicted octanol–water partition coefficient (Wildman–Crippen LogP) is 6.17. The number of thioether (sulfide) groups is 1. The van der Waals surface area contributed by atoms with Gasteiger partial charge in [-0.2, -0.15) is 0 Å². The zero-order chi connectivity index (χ0) is 22.7. The molecule has 0 bridgehead atoms. The van der Waals surface area contributed by atoms with Crippen molar-refractivity contribution in [2.24, 2.45) is 4.99 Å². The Hall–Kier alpha value is -3.43. The van der Waals surface area contributed by atoms with Crippen LogP contribution < -0.4 is 9.64 Å². The highest BCUT2D eigenvalue weighted by atomic mass is 79.9. The van der Waals surface area contributed by atoms with E-state index in [1.807, 2.05) is 60.7 Å². The van der Waals surface area contributed by atoms with Gasteiger partial charge in [-0.15, -0.1) is 0 Å². The van der Waals surface area contributed by atoms with Gasteiger partial charge in [-0.1, -0.05) is 52.3 Å². The van der Waals surface area contributed by atoms with Crippen LogP contribution in [0.4, 0.5) is 17.1 Å². The fourth-order valence-corrected chi connectivity index (χ4v) is 4.63. The summed E-state index contributed by atoms with van der Waals surface area (Å²) in [5.41, 5.74) is 1.61. The standard InChI is InChI=1S/C23H16BrN3O4S/c1-31-21-15(12-16(24)14-19(21)27(29)30)13-20-22(28)26(18-10-6-3-7-11-18)23(32-20)25-17-8-4-2-5-9-17/h2-14H,1H3/b20-13-,25-23?. The van der Waals surface area contributed by atoms with E-state index in [-0.39, 0.29) is 17.3 Å². The number of hydrogen-bond acceptors (Lipinski definition) is 6. The highest BCUT2D eigenvalue weighted by Crippen LogP contribution is 2.41. The summed E-state index contributed by atoms with van der Waals surface area (Å²) in [4.78, 5) is 30.9. The van der Waals surface area contributed by atoms with Gasteiger partial charge >= 0.3 is 5.69 Å². The quantitative estimate of drug-likeness (QED) is 0.233. The molecule has 3 aromatic rings. The minimum Gasteiger partial charge on any atom is -0.490 e. The minimum atomic E-state index is -0.520. The van der Waals surface area contributed by atoms with Gasteiger partial charge in [0.1, 0.15) is 0 Å². The van der Waals surface area contributed by atoms with Crippen LogP contribution in [0.3, 0.4) is 0 Å². The van der Waals surface area contributed by atoms with Crippen LogP contribution in [0, 0.1) is 10.1 Å². The van der Waals surface area contributed by atoms with E-state index >= 15 is 0 Å². The summed E-state index contributed by atoms with van der Waals surface area (Å²) >= 11 is 4.50. The van der Waals surface area contributed by atoms with Crippen LogP contribution in [0.1, 0.15) is 5.56 Å². The fraction of sp³-hybridized carbons (Fsp3) is 0.0435. The fourth-order valence-electron chi connectivity index (χ4n) is 3.17. The molecule has 160 valence electrons. The molecular weight excluding hydrogens is 494 g/mol. The maximum absolute atomic E-state index is 13.4. The van der Waals surface area contributed by atoms with Gasteiger partial charge in [-0.3, -0.25) is 19.8 Å². The average Bonchev–Trinajstić information content (AvgIpc) is 3.09. The Labute approximate surface area is 196 Å². The zero-order valence-corrected chi connectivity index (χ0v) is 19.2. The van der Waals surface area contributed by atoms with Gasteiger partial charge in [-0.25, -0.2) is 4.99 Å². The lowest BCUT2D eigenvalue weighted by molar-refractivity contribution is -0.385. The molecule has 7 nitrogen and oxygen atoms in total. The second kappa shape index (κ2) is 9.37. The van der Waals surface area contributed by atoms with E-state index < -0.39 is 4.92 Å². The summed E-state index contributed by atoms with van der Waals surface area (Å²) in [6, 6.07) is 21.6. The molecule has 1 aliphatic heterocycles. The molecule has 1 heterocycles. The van der Waals surface area contributed by atoms with Crippen LogP contribution in [0.2, 0.25) is 0 Å². The summed E-state index contributed by atoms with van der Waals surface area (Å²) in [5.74, 6) is -0.195. The Morgan fingerprint density at radius 3 is 2.38 bits per heavy atom. The summed E-state index contributed by atoms with van der Waals surface area (Å²) in [7, 11) is 1.36. The van der Waals surface area contributed by atoms with Crippen molar-refractivity contribution in [3.05, 3.63) is 97.9 Å². The van der Waals surface area contributed by atoms with E-state index in [0.29, 0.717) is 31.5 Å². The Balaban J connectivity index is 1.83. The molecule has 32 heavy (non-hydrogen) atoms. The second-order valence-electron chi connectivity index (χ2n) is 6.62. The van der Waals surface area contributed by atoms with Crippen LogP contribution in [-0.4, -0.2) is 23.1 Å². The van der Waals surface area contributed by atoms with E-state index in [0.717, 1.165) is 0 Å². The molecule has 1 aliphatic rings. The van der Waals surface area contributed by atoms with E-state index in [1.165, 1.54) is 29.8 Å². The van der Waals surface area contributed by atoms with Gasteiger partial charge in [0.25, 0.3) is 5.91 Å². The third-order valence-electron chi connectivity index (χ3n) is 4.55. The van der Waals surface area contributed by atoms with Gasteiger partial charge < -0.3 is 4.74 Å². The zero-order valence-electron chi connectivity index (χ0n) is 16.8. The van der Waals surface area contributed by atoms with E-state index in [4.69, 9.17) is 4.74 Å². The van der Waals surface area contributed by atoms with E-state index in [1.54, 1.807) is 12.1 Å². The molecule has 3 aromatic carbocycles. The van der Waals surface area contributed by atoms with Gasteiger partial charge in [0.2, 0.25) is 5.75 Å². The number of carbonyl (C=O) groups excluding carboxylic acids is 1. The molecule has 9 heteroatoms. The molecule has 0 saturated carbocycles. The molecule has 0 unspecified atom stereocenters. The lowest BCUT2D eigenvalue weighted by Gasteiger charge is -2.15. The van der Waals surface area contributed by atoms with Crippen molar-refractivity contribution in [3.63, 3.8) is 0 Å². The van der Waals surface area contributed by atoms with Crippen molar-refractivity contribution in [2.75, 3.05) is 12.0 Å². The first kappa shape index (κ1) is 21.8. The smallest absolute Gasteiger partial charge is 0.312 e. The third-order valence-corrected chi connectivity index (χ3v) is 5.98. The van der Waals surface area contributed by atoms with Crippen molar-refractivity contribution >= 4 is 61.9 Å². The first-order valence-corrected chi connectivity index (χ1v) is 11.0. The number of nitrogens with zero attached hydrogens (tertiary/aromatic N) is 3. The Kier molecular flexibility index (Phi) is 6.38. The number of nitro benzene ring substituents is 1. The summed E-state index contributed by atoms with van der Waals surface area (Å²) in [6.07, 6.45) is 1.59. The monoisotopic (exact) mass is 509 g/mol. The summed E-state index contributed by atoms with van der Waals surface area (Å²) in [6.45, 7) is 0. The number of rotatable bonds is 5. The molecule has 0 N–H and O–H groups in total. The highest BCUT2D eigenvalue weighted by Gasteiger charge is 2.35. The van der Waals surface area contributed by atoms with Crippen molar-refractivity contribution in [3.8, 4) is 5.75 Å². The Morgan fingerprint density at radius 2 is 1.75 bits per heavy atom. The predicted molar refractivity (Wildman–Crippen MR) is 130 cm³/mol. The first-order chi connectivity index (χ1) is 15.5. The van der Waals surface area contributed by atoms with E-state index in [2.05, 4.69) is 20.9 Å². The number of benzene rings is 3. The number of para-hydroxylation sites is 2. The number of nitro groups is 1. The van der Waals surface area contributed by atoms with Crippen LogP contribution in [0.5, 0.6) is 5.75 Å². The molecule has 0 spiro atoms. The normalized spacial score (nSPS) is 16.1.